The molecule has 0 atom stereocenters. The molecule has 0 bridgehead atoms. The maximum Gasteiger partial charge on any atom is 0.0700 e. The summed E-state index contributed by atoms with van der Waals surface area (Å²) in [5.74, 6) is 0.614. The van der Waals surface area contributed by atoms with Gasteiger partial charge in [-0.05, 0) is 25.8 Å². The molecular weight excluding hydrogens is 152 g/mol. The topological polar surface area (TPSA) is 46.0 Å². The lowest BCUT2D eigenvalue weighted by Gasteiger charge is -2.02. The number of hydrogen-bond acceptors (Lipinski definition) is 3. The third-order valence-corrected chi connectivity index (χ3v) is 2.27. The Labute approximate surface area is 71.5 Å². The van der Waals surface area contributed by atoms with E-state index in [9.17, 15) is 0 Å². The molecule has 3 heteroatoms. The van der Waals surface area contributed by atoms with Gasteiger partial charge >= 0.3 is 0 Å². The summed E-state index contributed by atoms with van der Waals surface area (Å²) < 4.78 is 0. The Balaban J connectivity index is 2.33. The fraction of sp³-hybridized carbons (Fsp3) is 0.556. The van der Waals surface area contributed by atoms with Crippen molar-refractivity contribution >= 4 is 0 Å². The number of aliphatic hydroxyl groups is 1. The van der Waals surface area contributed by atoms with E-state index in [0.29, 0.717) is 5.92 Å². The molecule has 0 saturated heterocycles. The molecule has 0 unspecified atom stereocenters. The summed E-state index contributed by atoms with van der Waals surface area (Å²) in [4.78, 5) is 0. The first-order valence-electron chi connectivity index (χ1n) is 4.25. The lowest BCUT2D eigenvalue weighted by atomic mass is 10.2. The molecule has 1 aliphatic rings. The highest BCUT2D eigenvalue weighted by Gasteiger charge is 2.25. The quantitative estimate of drug-likeness (QED) is 0.713. The average Bonchev–Trinajstić information content (AvgIpc) is 2.88. The lowest BCUT2D eigenvalue weighted by Crippen LogP contribution is -1.98. The summed E-state index contributed by atoms with van der Waals surface area (Å²) >= 11 is 0. The molecule has 1 aromatic heterocycles. The maximum absolute atomic E-state index is 8.98. The SMILES string of the molecule is Cc1nnc(C2CC2)cc1CO. The van der Waals surface area contributed by atoms with E-state index in [2.05, 4.69) is 10.2 Å². The predicted octanol–water partition coefficient (Wildman–Crippen LogP) is 1.15. The van der Waals surface area contributed by atoms with Crippen molar-refractivity contribution in [2.24, 2.45) is 0 Å². The van der Waals surface area contributed by atoms with Crippen molar-refractivity contribution in [3.63, 3.8) is 0 Å². The van der Waals surface area contributed by atoms with Gasteiger partial charge in [-0.1, -0.05) is 0 Å². The van der Waals surface area contributed by atoms with E-state index < -0.39 is 0 Å². The van der Waals surface area contributed by atoms with Crippen molar-refractivity contribution in [2.75, 3.05) is 0 Å². The van der Waals surface area contributed by atoms with Gasteiger partial charge in [0.05, 0.1) is 18.0 Å². The van der Waals surface area contributed by atoms with Gasteiger partial charge in [0.25, 0.3) is 0 Å². The van der Waals surface area contributed by atoms with Gasteiger partial charge in [-0.3, -0.25) is 0 Å². The van der Waals surface area contributed by atoms with E-state index in [-0.39, 0.29) is 6.61 Å². The minimum atomic E-state index is 0.0705. The van der Waals surface area contributed by atoms with Crippen LogP contribution in [0.3, 0.4) is 0 Å². The minimum Gasteiger partial charge on any atom is -0.392 e. The molecule has 0 aromatic carbocycles. The van der Waals surface area contributed by atoms with E-state index in [0.717, 1.165) is 17.0 Å². The molecule has 0 radical (unpaired) electrons. The summed E-state index contributed by atoms with van der Waals surface area (Å²) in [5, 5.41) is 17.1. The van der Waals surface area contributed by atoms with Crippen LogP contribution in [0.1, 0.15) is 35.7 Å². The van der Waals surface area contributed by atoms with Crippen LogP contribution < -0.4 is 0 Å². The van der Waals surface area contributed by atoms with Gasteiger partial charge in [0, 0.05) is 11.5 Å². The third kappa shape index (κ3) is 1.32. The molecule has 0 aliphatic heterocycles. The maximum atomic E-state index is 8.98. The zero-order valence-corrected chi connectivity index (χ0v) is 7.12. The molecule has 12 heavy (non-hydrogen) atoms. The van der Waals surface area contributed by atoms with Crippen LogP contribution in [0, 0.1) is 6.92 Å². The Kier molecular flexibility index (Phi) is 1.81. The van der Waals surface area contributed by atoms with Gasteiger partial charge in [-0.25, -0.2) is 0 Å². The fourth-order valence-electron chi connectivity index (χ4n) is 1.25. The number of aliphatic hydroxyl groups excluding tert-OH is 1. The van der Waals surface area contributed by atoms with Crippen molar-refractivity contribution in [1.82, 2.24) is 10.2 Å². The molecule has 0 spiro atoms. The van der Waals surface area contributed by atoms with Crippen LogP contribution in [0.4, 0.5) is 0 Å². The third-order valence-electron chi connectivity index (χ3n) is 2.27. The summed E-state index contributed by atoms with van der Waals surface area (Å²) in [5.41, 5.74) is 2.79. The van der Waals surface area contributed by atoms with Crippen LogP contribution in [0.2, 0.25) is 0 Å². The van der Waals surface area contributed by atoms with Gasteiger partial charge in [0.2, 0.25) is 0 Å². The molecular formula is C9H12N2O. The molecule has 2 rings (SSSR count). The fourth-order valence-corrected chi connectivity index (χ4v) is 1.25. The van der Waals surface area contributed by atoms with E-state index in [1.165, 1.54) is 12.8 Å². The molecule has 1 aromatic rings. The van der Waals surface area contributed by atoms with Crippen LogP contribution in [0.15, 0.2) is 6.07 Å². The summed E-state index contributed by atoms with van der Waals surface area (Å²) in [7, 11) is 0. The van der Waals surface area contributed by atoms with E-state index in [1.807, 2.05) is 13.0 Å². The molecule has 1 aliphatic carbocycles. The van der Waals surface area contributed by atoms with Gasteiger partial charge in [-0.15, -0.1) is 0 Å². The minimum absolute atomic E-state index is 0.0705. The Hall–Kier alpha value is -0.960. The monoisotopic (exact) mass is 164 g/mol. The first kappa shape index (κ1) is 7.68. The molecule has 1 N–H and O–H groups in total. The molecule has 0 amide bonds. The second-order valence-electron chi connectivity index (χ2n) is 3.31. The summed E-state index contributed by atoms with van der Waals surface area (Å²) in [6.45, 7) is 1.94. The zero-order valence-electron chi connectivity index (χ0n) is 7.12. The van der Waals surface area contributed by atoms with E-state index >= 15 is 0 Å². The predicted molar refractivity (Wildman–Crippen MR) is 44.7 cm³/mol. The van der Waals surface area contributed by atoms with Crippen LogP contribution >= 0.6 is 0 Å². The Bertz CT molecular complexity index is 295. The number of nitrogens with zero attached hydrogens (tertiary/aromatic N) is 2. The Morgan fingerprint density at radius 3 is 2.83 bits per heavy atom. The lowest BCUT2D eigenvalue weighted by molar-refractivity contribution is 0.280. The highest BCUT2D eigenvalue weighted by molar-refractivity contribution is 5.23. The van der Waals surface area contributed by atoms with Gasteiger partial charge in [-0.2, -0.15) is 10.2 Å². The van der Waals surface area contributed by atoms with Gasteiger partial charge in [0.15, 0.2) is 0 Å². The molecule has 1 heterocycles. The van der Waals surface area contributed by atoms with Gasteiger partial charge < -0.3 is 5.11 Å². The summed E-state index contributed by atoms with van der Waals surface area (Å²) in [6, 6.07) is 1.97. The van der Waals surface area contributed by atoms with E-state index in [4.69, 9.17) is 5.11 Å². The van der Waals surface area contributed by atoms with Crippen LogP contribution in [0.25, 0.3) is 0 Å². The van der Waals surface area contributed by atoms with Crippen molar-refractivity contribution in [3.05, 3.63) is 23.0 Å². The largest absolute Gasteiger partial charge is 0.392 e. The number of aromatic nitrogens is 2. The van der Waals surface area contributed by atoms with Crippen molar-refractivity contribution in [2.45, 2.75) is 32.3 Å². The first-order chi connectivity index (χ1) is 5.81. The van der Waals surface area contributed by atoms with Crippen molar-refractivity contribution in [3.8, 4) is 0 Å². The molecule has 1 saturated carbocycles. The molecule has 1 fully saturated rings. The Morgan fingerprint density at radius 1 is 1.50 bits per heavy atom. The second kappa shape index (κ2) is 2.83. The number of hydrogen-bond donors (Lipinski definition) is 1. The zero-order chi connectivity index (χ0) is 8.55. The van der Waals surface area contributed by atoms with Crippen LogP contribution in [0.5, 0.6) is 0 Å². The summed E-state index contributed by atoms with van der Waals surface area (Å²) in [6.07, 6.45) is 2.45. The second-order valence-corrected chi connectivity index (χ2v) is 3.31. The normalized spacial score (nSPS) is 16.5. The number of aryl methyl sites for hydroxylation is 1. The van der Waals surface area contributed by atoms with Crippen molar-refractivity contribution < 1.29 is 5.11 Å². The number of rotatable bonds is 2. The molecule has 3 nitrogen and oxygen atoms in total. The molecule has 64 valence electrons. The highest BCUT2D eigenvalue weighted by atomic mass is 16.3. The van der Waals surface area contributed by atoms with Crippen LogP contribution in [-0.2, 0) is 6.61 Å². The highest BCUT2D eigenvalue weighted by Crippen LogP contribution is 2.38. The Morgan fingerprint density at radius 2 is 2.25 bits per heavy atom. The standard InChI is InChI=1S/C9H12N2O/c1-6-8(5-12)4-9(11-10-6)7-2-3-7/h4,7,12H,2-3,5H2,1H3. The van der Waals surface area contributed by atoms with E-state index in [1.54, 1.807) is 0 Å². The van der Waals surface area contributed by atoms with Crippen LogP contribution in [-0.4, -0.2) is 15.3 Å². The van der Waals surface area contributed by atoms with Gasteiger partial charge in [0.1, 0.15) is 0 Å². The first-order valence-corrected chi connectivity index (χ1v) is 4.25. The van der Waals surface area contributed by atoms with Crippen molar-refractivity contribution in [1.29, 1.82) is 0 Å². The average molecular weight is 164 g/mol. The smallest absolute Gasteiger partial charge is 0.0700 e.